The van der Waals surface area contributed by atoms with Gasteiger partial charge in [0.05, 0.1) is 23.8 Å². The van der Waals surface area contributed by atoms with Gasteiger partial charge in [0.1, 0.15) is 11.5 Å². The number of ether oxygens (including phenoxy) is 2. The Hall–Kier alpha value is -2.30. The van der Waals surface area contributed by atoms with Crippen molar-refractivity contribution < 1.29 is 14.3 Å². The lowest BCUT2D eigenvalue weighted by molar-refractivity contribution is 0.0994. The van der Waals surface area contributed by atoms with E-state index >= 15 is 0 Å². The molecule has 2 fully saturated rings. The molecule has 5 heteroatoms. The molecule has 25 heavy (non-hydrogen) atoms. The molecule has 0 saturated heterocycles. The number of nitrogens with zero attached hydrogens (tertiary/aromatic N) is 1. The molecule has 2 N–H and O–H groups in total. The minimum absolute atomic E-state index is 0.0533. The molecule has 0 radical (unpaired) electrons. The largest absolute Gasteiger partial charge is 0.493 e. The van der Waals surface area contributed by atoms with Crippen molar-refractivity contribution in [3.05, 3.63) is 30.0 Å². The summed E-state index contributed by atoms with van der Waals surface area (Å²) in [5.41, 5.74) is 6.54. The number of benzene rings is 1. The van der Waals surface area contributed by atoms with Crippen molar-refractivity contribution >= 4 is 16.8 Å². The zero-order valence-electron chi connectivity index (χ0n) is 14.7. The molecule has 1 aromatic heterocycles. The molecule has 1 heterocycles. The number of pyridine rings is 1. The Morgan fingerprint density at radius 3 is 2.72 bits per heavy atom. The van der Waals surface area contributed by atoms with Crippen molar-refractivity contribution in [2.75, 3.05) is 6.61 Å². The van der Waals surface area contributed by atoms with Crippen LogP contribution in [0.1, 0.15) is 43.5 Å². The van der Waals surface area contributed by atoms with E-state index in [2.05, 4.69) is 4.98 Å². The first-order chi connectivity index (χ1) is 12.0. The molecule has 2 aliphatic rings. The summed E-state index contributed by atoms with van der Waals surface area (Å²) in [6.45, 7) is 4.59. The summed E-state index contributed by atoms with van der Waals surface area (Å²) in [6, 6.07) is 5.39. The van der Waals surface area contributed by atoms with Crippen molar-refractivity contribution in [1.82, 2.24) is 4.98 Å². The molecule has 1 aromatic carbocycles. The molecule has 132 valence electrons. The third-order valence-corrected chi connectivity index (χ3v) is 5.45. The Kier molecular flexibility index (Phi) is 4.02. The second-order valence-corrected chi connectivity index (χ2v) is 7.44. The summed E-state index contributed by atoms with van der Waals surface area (Å²) in [5.74, 6) is 3.20. The van der Waals surface area contributed by atoms with E-state index in [0.717, 1.165) is 29.6 Å². The number of amides is 1. The minimum atomic E-state index is -0.517. The van der Waals surface area contributed by atoms with Gasteiger partial charge in [-0.3, -0.25) is 9.78 Å². The van der Waals surface area contributed by atoms with E-state index < -0.39 is 5.91 Å². The average molecular weight is 340 g/mol. The second-order valence-electron chi connectivity index (χ2n) is 7.44. The molecule has 0 spiro atoms. The Balaban J connectivity index is 1.63. The Bertz CT molecular complexity index is 808. The number of primary amides is 1. The molecule has 4 rings (SSSR count). The molecular weight excluding hydrogens is 316 g/mol. The highest BCUT2D eigenvalue weighted by Crippen LogP contribution is 2.57. The highest BCUT2D eigenvalue weighted by atomic mass is 16.5. The molecule has 0 bridgehead atoms. The minimum Gasteiger partial charge on any atom is -0.493 e. The predicted octanol–water partition coefficient (Wildman–Crippen LogP) is 3.55. The van der Waals surface area contributed by atoms with Gasteiger partial charge in [-0.2, -0.15) is 0 Å². The molecular formula is C20H24N2O3. The Morgan fingerprint density at radius 2 is 2.04 bits per heavy atom. The molecule has 0 aliphatic heterocycles. The number of hydrogen-bond acceptors (Lipinski definition) is 4. The van der Waals surface area contributed by atoms with Gasteiger partial charge < -0.3 is 15.2 Å². The smallest absolute Gasteiger partial charge is 0.252 e. The summed E-state index contributed by atoms with van der Waals surface area (Å²) < 4.78 is 11.9. The first kappa shape index (κ1) is 16.2. The fourth-order valence-corrected chi connectivity index (χ4v) is 4.22. The zero-order valence-corrected chi connectivity index (χ0v) is 14.7. The van der Waals surface area contributed by atoms with E-state index in [4.69, 9.17) is 15.2 Å². The summed E-state index contributed by atoms with van der Waals surface area (Å²) in [7, 11) is 0. The first-order valence-electron chi connectivity index (χ1n) is 9.06. The summed E-state index contributed by atoms with van der Waals surface area (Å²) in [6.07, 6.45) is 5.73. The lowest BCUT2D eigenvalue weighted by atomic mass is 10.1. The first-order valence-corrected chi connectivity index (χ1v) is 9.06. The maximum absolute atomic E-state index is 11.8. The molecule has 2 saturated carbocycles. The van der Waals surface area contributed by atoms with E-state index in [1.165, 1.54) is 19.3 Å². The van der Waals surface area contributed by atoms with Gasteiger partial charge in [0.25, 0.3) is 5.91 Å². The van der Waals surface area contributed by atoms with Crippen LogP contribution in [-0.4, -0.2) is 23.6 Å². The molecule has 2 aliphatic carbocycles. The van der Waals surface area contributed by atoms with Crippen molar-refractivity contribution in [3.63, 3.8) is 0 Å². The number of nitrogens with two attached hydrogens (primary N) is 1. The average Bonchev–Trinajstić information content (AvgIpc) is 2.99. The maximum atomic E-state index is 11.8. The summed E-state index contributed by atoms with van der Waals surface area (Å²) in [4.78, 5) is 16.1. The van der Waals surface area contributed by atoms with Crippen molar-refractivity contribution in [2.24, 2.45) is 23.5 Å². The number of carbonyl (C=O) groups excluding carboxylic acids is 1. The molecule has 2 aromatic rings. The Morgan fingerprint density at radius 1 is 1.28 bits per heavy atom. The van der Waals surface area contributed by atoms with E-state index in [0.29, 0.717) is 22.7 Å². The Labute approximate surface area is 147 Å². The third-order valence-electron chi connectivity index (χ3n) is 5.45. The van der Waals surface area contributed by atoms with Crippen LogP contribution in [0.15, 0.2) is 24.4 Å². The van der Waals surface area contributed by atoms with E-state index in [-0.39, 0.29) is 6.10 Å². The van der Waals surface area contributed by atoms with Crippen LogP contribution < -0.4 is 15.2 Å². The second kappa shape index (κ2) is 6.21. The van der Waals surface area contributed by atoms with Gasteiger partial charge in [-0.25, -0.2) is 0 Å². The standard InChI is InChI=1S/C20H24N2O3/c1-11(2)25-19-9-14-17(8-15(19)20(21)23)22-7-6-18(14)24-10-16-12-4-3-5-13(12)16/h6-9,11-13,16H,3-5,10H2,1-2H3,(H2,21,23)/t12-,13+,16?. The molecule has 5 nitrogen and oxygen atoms in total. The van der Waals surface area contributed by atoms with Gasteiger partial charge in [-0.15, -0.1) is 0 Å². The van der Waals surface area contributed by atoms with Crippen molar-refractivity contribution in [2.45, 2.75) is 39.2 Å². The third kappa shape index (κ3) is 3.03. The van der Waals surface area contributed by atoms with Crippen LogP contribution in [0.5, 0.6) is 11.5 Å². The lowest BCUT2D eigenvalue weighted by Gasteiger charge is -2.15. The van der Waals surface area contributed by atoms with Crippen LogP contribution in [0.2, 0.25) is 0 Å². The molecule has 1 unspecified atom stereocenters. The summed E-state index contributed by atoms with van der Waals surface area (Å²) in [5, 5.41) is 0.856. The highest BCUT2D eigenvalue weighted by molar-refractivity contribution is 6.01. The van der Waals surface area contributed by atoms with E-state index in [1.54, 1.807) is 12.3 Å². The van der Waals surface area contributed by atoms with Gasteiger partial charge in [-0.05, 0) is 62.6 Å². The summed E-state index contributed by atoms with van der Waals surface area (Å²) >= 11 is 0. The van der Waals surface area contributed by atoms with Gasteiger partial charge in [0.15, 0.2) is 0 Å². The zero-order chi connectivity index (χ0) is 17.6. The van der Waals surface area contributed by atoms with Crippen LogP contribution in [0.25, 0.3) is 10.9 Å². The normalized spacial score (nSPS) is 24.4. The van der Waals surface area contributed by atoms with Crippen LogP contribution in [0.3, 0.4) is 0 Å². The van der Waals surface area contributed by atoms with Gasteiger partial charge in [-0.1, -0.05) is 6.42 Å². The number of carbonyl (C=O) groups is 1. The fraction of sp³-hybridized carbons (Fsp3) is 0.500. The number of aromatic nitrogens is 1. The fourth-order valence-electron chi connectivity index (χ4n) is 4.22. The quantitative estimate of drug-likeness (QED) is 0.873. The van der Waals surface area contributed by atoms with Crippen molar-refractivity contribution in [1.29, 1.82) is 0 Å². The van der Waals surface area contributed by atoms with Gasteiger partial charge in [0.2, 0.25) is 0 Å². The van der Waals surface area contributed by atoms with Crippen LogP contribution >= 0.6 is 0 Å². The number of rotatable bonds is 6. The molecule has 1 amide bonds. The topological polar surface area (TPSA) is 74.4 Å². The van der Waals surface area contributed by atoms with Crippen LogP contribution in [-0.2, 0) is 0 Å². The van der Waals surface area contributed by atoms with Crippen LogP contribution in [0.4, 0.5) is 0 Å². The number of fused-ring (bicyclic) bond motifs is 2. The number of hydrogen-bond donors (Lipinski definition) is 1. The molecule has 3 atom stereocenters. The SMILES string of the molecule is CC(C)Oc1cc2c(OCC3[C@H]4CCC[C@@H]34)ccnc2cc1C(N)=O. The van der Waals surface area contributed by atoms with Crippen LogP contribution in [0, 0.1) is 17.8 Å². The predicted molar refractivity (Wildman–Crippen MR) is 95.8 cm³/mol. The van der Waals surface area contributed by atoms with Gasteiger partial charge >= 0.3 is 0 Å². The monoisotopic (exact) mass is 340 g/mol. The lowest BCUT2D eigenvalue weighted by Crippen LogP contribution is -2.15. The van der Waals surface area contributed by atoms with E-state index in [1.807, 2.05) is 26.0 Å². The maximum Gasteiger partial charge on any atom is 0.252 e. The van der Waals surface area contributed by atoms with Crippen molar-refractivity contribution in [3.8, 4) is 11.5 Å². The van der Waals surface area contributed by atoms with Gasteiger partial charge in [0, 0.05) is 11.6 Å². The van der Waals surface area contributed by atoms with E-state index in [9.17, 15) is 4.79 Å². The highest BCUT2D eigenvalue weighted by Gasteiger charge is 2.52.